The summed E-state index contributed by atoms with van der Waals surface area (Å²) in [5.74, 6) is 0.0559. The number of aldehydes is 1. The van der Waals surface area contributed by atoms with E-state index in [-0.39, 0.29) is 23.9 Å². The van der Waals surface area contributed by atoms with Gasteiger partial charge < -0.3 is 14.6 Å². The highest BCUT2D eigenvalue weighted by Gasteiger charge is 2.33. The SMILES string of the molecule is COC(=O)CCCCCCC1C(O)CC[C@@H]1C=O. The summed E-state index contributed by atoms with van der Waals surface area (Å²) in [6.07, 6.45) is 7.63. The van der Waals surface area contributed by atoms with Gasteiger partial charge in [-0.25, -0.2) is 0 Å². The predicted octanol–water partition coefficient (Wildman–Crippen LogP) is 2.09. The Morgan fingerprint density at radius 2 is 2.00 bits per heavy atom. The topological polar surface area (TPSA) is 63.6 Å². The predicted molar refractivity (Wildman–Crippen MR) is 68.0 cm³/mol. The van der Waals surface area contributed by atoms with Crippen molar-refractivity contribution in [3.05, 3.63) is 0 Å². The molecule has 0 radical (unpaired) electrons. The van der Waals surface area contributed by atoms with Crippen molar-refractivity contribution in [2.45, 2.75) is 57.5 Å². The summed E-state index contributed by atoms with van der Waals surface area (Å²) in [7, 11) is 1.41. The first-order valence-corrected chi connectivity index (χ1v) is 6.89. The molecule has 1 aliphatic rings. The number of hydrogen-bond donors (Lipinski definition) is 1. The molecule has 0 aliphatic heterocycles. The van der Waals surface area contributed by atoms with Gasteiger partial charge in [0.2, 0.25) is 0 Å². The van der Waals surface area contributed by atoms with E-state index in [0.29, 0.717) is 6.42 Å². The number of carbonyl (C=O) groups excluding carboxylic acids is 2. The highest BCUT2D eigenvalue weighted by Crippen LogP contribution is 2.34. The molecule has 0 aromatic carbocycles. The van der Waals surface area contributed by atoms with Gasteiger partial charge >= 0.3 is 5.97 Å². The van der Waals surface area contributed by atoms with Gasteiger partial charge in [-0.2, -0.15) is 0 Å². The first-order valence-electron chi connectivity index (χ1n) is 6.89. The highest BCUT2D eigenvalue weighted by molar-refractivity contribution is 5.68. The van der Waals surface area contributed by atoms with Crippen LogP contribution in [-0.2, 0) is 14.3 Å². The number of unbranched alkanes of at least 4 members (excludes halogenated alkanes) is 3. The van der Waals surface area contributed by atoms with Crippen LogP contribution >= 0.6 is 0 Å². The molecular weight excluding hydrogens is 232 g/mol. The first kappa shape index (κ1) is 15.2. The molecule has 4 heteroatoms. The van der Waals surface area contributed by atoms with E-state index in [1.807, 2.05) is 0 Å². The van der Waals surface area contributed by atoms with E-state index in [9.17, 15) is 14.7 Å². The van der Waals surface area contributed by atoms with Gasteiger partial charge in [0, 0.05) is 12.3 Å². The maximum Gasteiger partial charge on any atom is 0.305 e. The molecule has 1 aliphatic carbocycles. The first-order chi connectivity index (χ1) is 8.69. The fraction of sp³-hybridized carbons (Fsp3) is 0.857. The van der Waals surface area contributed by atoms with Crippen LogP contribution in [-0.4, -0.2) is 30.6 Å². The molecular formula is C14H24O4. The largest absolute Gasteiger partial charge is 0.469 e. The normalized spacial score (nSPS) is 27.1. The zero-order valence-electron chi connectivity index (χ0n) is 11.1. The Labute approximate surface area is 109 Å². The molecule has 1 fully saturated rings. The van der Waals surface area contributed by atoms with Gasteiger partial charge in [0.15, 0.2) is 0 Å². The van der Waals surface area contributed by atoms with Crippen LogP contribution in [0.25, 0.3) is 0 Å². The van der Waals surface area contributed by atoms with Gasteiger partial charge in [-0.3, -0.25) is 4.79 Å². The average molecular weight is 256 g/mol. The van der Waals surface area contributed by atoms with Gasteiger partial charge in [0.25, 0.3) is 0 Å². The zero-order valence-corrected chi connectivity index (χ0v) is 11.1. The van der Waals surface area contributed by atoms with Gasteiger partial charge in [-0.05, 0) is 31.6 Å². The molecule has 1 saturated carbocycles. The molecule has 2 unspecified atom stereocenters. The van der Waals surface area contributed by atoms with Crippen LogP contribution in [0.5, 0.6) is 0 Å². The van der Waals surface area contributed by atoms with E-state index in [4.69, 9.17) is 0 Å². The lowest BCUT2D eigenvalue weighted by Gasteiger charge is -2.17. The minimum Gasteiger partial charge on any atom is -0.469 e. The van der Waals surface area contributed by atoms with Crippen LogP contribution in [0.1, 0.15) is 51.4 Å². The van der Waals surface area contributed by atoms with Crippen LogP contribution in [0.3, 0.4) is 0 Å². The van der Waals surface area contributed by atoms with Gasteiger partial charge in [0.1, 0.15) is 6.29 Å². The Morgan fingerprint density at radius 1 is 1.28 bits per heavy atom. The quantitative estimate of drug-likeness (QED) is 0.410. The minimum atomic E-state index is -0.296. The zero-order chi connectivity index (χ0) is 13.4. The van der Waals surface area contributed by atoms with E-state index in [1.54, 1.807) is 0 Å². The number of ether oxygens (including phenoxy) is 1. The van der Waals surface area contributed by atoms with Crippen molar-refractivity contribution in [3.8, 4) is 0 Å². The van der Waals surface area contributed by atoms with Crippen LogP contribution in [0.15, 0.2) is 0 Å². The Hall–Kier alpha value is -0.900. The summed E-state index contributed by atoms with van der Waals surface area (Å²) in [6, 6.07) is 0. The third-order valence-electron chi connectivity index (χ3n) is 3.91. The van der Waals surface area contributed by atoms with E-state index in [1.165, 1.54) is 7.11 Å². The van der Waals surface area contributed by atoms with E-state index >= 15 is 0 Å². The maximum absolute atomic E-state index is 10.9. The Kier molecular flexibility index (Phi) is 6.94. The molecule has 4 nitrogen and oxygen atoms in total. The number of esters is 1. The third-order valence-corrected chi connectivity index (χ3v) is 3.91. The lowest BCUT2D eigenvalue weighted by atomic mass is 9.90. The van der Waals surface area contributed by atoms with Crippen molar-refractivity contribution in [2.24, 2.45) is 11.8 Å². The molecule has 0 aromatic rings. The molecule has 0 saturated heterocycles. The van der Waals surface area contributed by atoms with E-state index in [0.717, 1.165) is 51.2 Å². The van der Waals surface area contributed by atoms with E-state index in [2.05, 4.69) is 4.74 Å². The van der Waals surface area contributed by atoms with Gasteiger partial charge in [-0.15, -0.1) is 0 Å². The molecule has 104 valence electrons. The smallest absolute Gasteiger partial charge is 0.305 e. The van der Waals surface area contributed by atoms with Crippen LogP contribution < -0.4 is 0 Å². The van der Waals surface area contributed by atoms with Gasteiger partial charge in [-0.1, -0.05) is 19.3 Å². The molecule has 0 spiro atoms. The minimum absolute atomic E-state index is 0.0510. The van der Waals surface area contributed by atoms with Crippen molar-refractivity contribution in [1.29, 1.82) is 0 Å². The highest BCUT2D eigenvalue weighted by atomic mass is 16.5. The Balaban J connectivity index is 2.06. The second-order valence-electron chi connectivity index (χ2n) is 5.14. The third kappa shape index (κ3) is 4.77. The molecule has 0 heterocycles. The summed E-state index contributed by atoms with van der Waals surface area (Å²) in [4.78, 5) is 21.7. The van der Waals surface area contributed by atoms with Crippen LogP contribution in [0, 0.1) is 11.8 Å². The van der Waals surface area contributed by atoms with Crippen LogP contribution in [0.4, 0.5) is 0 Å². The molecule has 0 aromatic heterocycles. The average Bonchev–Trinajstić information content (AvgIpc) is 2.74. The number of aliphatic hydroxyl groups excluding tert-OH is 1. The van der Waals surface area contributed by atoms with Crippen molar-refractivity contribution in [2.75, 3.05) is 7.11 Å². The lowest BCUT2D eigenvalue weighted by Crippen LogP contribution is -2.19. The van der Waals surface area contributed by atoms with Crippen molar-refractivity contribution < 1.29 is 19.4 Å². The molecule has 0 bridgehead atoms. The van der Waals surface area contributed by atoms with Gasteiger partial charge in [0.05, 0.1) is 13.2 Å². The molecule has 1 rings (SSSR count). The second-order valence-corrected chi connectivity index (χ2v) is 5.14. The monoisotopic (exact) mass is 256 g/mol. The summed E-state index contributed by atoms with van der Waals surface area (Å²) in [6.45, 7) is 0. The molecule has 0 amide bonds. The Morgan fingerprint density at radius 3 is 2.67 bits per heavy atom. The number of hydrogen-bond acceptors (Lipinski definition) is 4. The summed E-state index contributed by atoms with van der Waals surface area (Å²) in [5, 5.41) is 9.78. The van der Waals surface area contributed by atoms with Crippen molar-refractivity contribution in [1.82, 2.24) is 0 Å². The molecule has 18 heavy (non-hydrogen) atoms. The van der Waals surface area contributed by atoms with Crippen LogP contribution in [0.2, 0.25) is 0 Å². The summed E-state index contributed by atoms with van der Waals surface area (Å²) < 4.78 is 4.57. The van der Waals surface area contributed by atoms with Crippen molar-refractivity contribution >= 4 is 12.3 Å². The number of rotatable bonds is 8. The molecule has 3 atom stereocenters. The second kappa shape index (κ2) is 8.25. The fourth-order valence-electron chi connectivity index (χ4n) is 2.76. The lowest BCUT2D eigenvalue weighted by molar-refractivity contribution is -0.140. The summed E-state index contributed by atoms with van der Waals surface area (Å²) >= 11 is 0. The van der Waals surface area contributed by atoms with E-state index < -0.39 is 0 Å². The van der Waals surface area contributed by atoms with Crippen molar-refractivity contribution in [3.63, 3.8) is 0 Å². The maximum atomic E-state index is 10.9. The number of aliphatic hydroxyl groups is 1. The molecule has 1 N–H and O–H groups in total. The Bertz CT molecular complexity index is 265. The standard InChI is InChI=1S/C14H24O4/c1-18-14(17)7-5-3-2-4-6-12-11(10-15)8-9-13(12)16/h10-13,16H,2-9H2,1H3/t11-,12?,13?/m1/s1. The number of methoxy groups -OCH3 is 1. The fourth-order valence-corrected chi connectivity index (χ4v) is 2.76. The number of carbonyl (C=O) groups is 2. The summed E-state index contributed by atoms with van der Waals surface area (Å²) in [5.41, 5.74) is 0.